The number of benzene rings is 2. The molecule has 3 heterocycles. The molecule has 0 atom stereocenters. The van der Waals surface area contributed by atoms with Crippen LogP contribution in [-0.4, -0.2) is 27.9 Å². The molecular weight excluding hydrogens is 503 g/mol. The van der Waals surface area contributed by atoms with Gasteiger partial charge in [-0.25, -0.2) is 4.98 Å². The molecule has 1 amide bonds. The first-order valence-corrected chi connectivity index (χ1v) is 11.2. The van der Waals surface area contributed by atoms with E-state index >= 15 is 0 Å². The van der Waals surface area contributed by atoms with Crippen molar-refractivity contribution in [3.63, 3.8) is 0 Å². The number of rotatable bonds is 5. The van der Waals surface area contributed by atoms with Crippen molar-refractivity contribution in [3.8, 4) is 17.2 Å². The van der Waals surface area contributed by atoms with Crippen molar-refractivity contribution in [3.05, 3.63) is 73.7 Å². The third-order valence-corrected chi connectivity index (χ3v) is 6.96. The second-order valence-corrected chi connectivity index (χ2v) is 8.80. The van der Waals surface area contributed by atoms with Gasteiger partial charge in [-0.05, 0) is 24.3 Å². The summed E-state index contributed by atoms with van der Waals surface area (Å²) >= 11 is 13.7. The number of nitrogens with one attached hydrogen (secondary N) is 1. The number of hydrogen-bond donors (Lipinski definition) is 1. The lowest BCUT2D eigenvalue weighted by atomic mass is 10.1. The predicted octanol–water partition coefficient (Wildman–Crippen LogP) is 6.58. The fourth-order valence-electron chi connectivity index (χ4n) is 3.45. The Bertz CT molecular complexity index is 1580. The molecule has 0 aliphatic rings. The summed E-state index contributed by atoms with van der Waals surface area (Å²) in [6.07, 6.45) is 1.60. The standard InChI is InChI=1S/C22H12Cl2N4O5S/c1-32-17-12(23)8-10(22-27-20-15(33-22)6-3-7-25-20)9-13(17)26-21(29)19-16(24)11-4-2-5-14(28(30)31)18(11)34-19/h2-9H,1H3,(H,26,29). The lowest BCUT2D eigenvalue weighted by Gasteiger charge is -2.13. The van der Waals surface area contributed by atoms with Gasteiger partial charge in [0.25, 0.3) is 11.6 Å². The molecule has 5 aromatic rings. The van der Waals surface area contributed by atoms with E-state index in [-0.39, 0.29) is 37.9 Å². The van der Waals surface area contributed by atoms with E-state index < -0.39 is 10.8 Å². The lowest BCUT2D eigenvalue weighted by molar-refractivity contribution is -0.382. The number of pyridine rings is 1. The minimum atomic E-state index is -0.578. The monoisotopic (exact) mass is 514 g/mol. The molecule has 0 fully saturated rings. The number of thiophene rings is 1. The Hall–Kier alpha value is -3.73. The third-order valence-electron chi connectivity index (χ3n) is 4.94. The summed E-state index contributed by atoms with van der Waals surface area (Å²) in [7, 11) is 1.41. The topological polar surface area (TPSA) is 120 Å². The van der Waals surface area contributed by atoms with E-state index in [9.17, 15) is 14.9 Å². The molecule has 12 heteroatoms. The largest absolute Gasteiger partial charge is 0.493 e. The van der Waals surface area contributed by atoms with Crippen molar-refractivity contribution in [1.29, 1.82) is 0 Å². The summed E-state index contributed by atoms with van der Waals surface area (Å²) in [6.45, 7) is 0. The summed E-state index contributed by atoms with van der Waals surface area (Å²) in [6, 6.07) is 11.1. The summed E-state index contributed by atoms with van der Waals surface area (Å²) in [5, 5.41) is 14.9. The molecule has 0 aliphatic carbocycles. The first-order valence-electron chi connectivity index (χ1n) is 9.63. The number of oxazole rings is 1. The van der Waals surface area contributed by atoms with Gasteiger partial charge in [0.15, 0.2) is 17.0 Å². The number of methoxy groups -OCH3 is 1. The Morgan fingerprint density at radius 1 is 1.24 bits per heavy atom. The fourth-order valence-corrected chi connectivity index (χ4v) is 5.24. The minimum Gasteiger partial charge on any atom is -0.493 e. The molecule has 34 heavy (non-hydrogen) atoms. The van der Waals surface area contributed by atoms with Gasteiger partial charge in [-0.15, -0.1) is 11.3 Å². The number of halogens is 2. The Kier molecular flexibility index (Phi) is 5.56. The number of aromatic nitrogens is 2. The molecule has 9 nitrogen and oxygen atoms in total. The second kappa shape index (κ2) is 8.56. The summed E-state index contributed by atoms with van der Waals surface area (Å²) in [5.74, 6) is -0.105. The highest BCUT2D eigenvalue weighted by Crippen LogP contribution is 2.42. The third kappa shape index (κ3) is 3.71. The van der Waals surface area contributed by atoms with Crippen molar-refractivity contribution in [2.75, 3.05) is 12.4 Å². The first kappa shape index (κ1) is 22.1. The summed E-state index contributed by atoms with van der Waals surface area (Å²) in [5.41, 5.74) is 1.52. The van der Waals surface area contributed by atoms with Crippen LogP contribution in [0.5, 0.6) is 5.75 Å². The molecule has 1 N–H and O–H groups in total. The van der Waals surface area contributed by atoms with Gasteiger partial charge in [0, 0.05) is 23.2 Å². The number of amides is 1. The van der Waals surface area contributed by atoms with Crippen molar-refractivity contribution in [2.45, 2.75) is 0 Å². The van der Waals surface area contributed by atoms with Crippen LogP contribution in [0.4, 0.5) is 11.4 Å². The minimum absolute atomic E-state index is 0.112. The number of hydrogen-bond acceptors (Lipinski definition) is 8. The maximum Gasteiger partial charge on any atom is 0.287 e. The van der Waals surface area contributed by atoms with Gasteiger partial charge >= 0.3 is 0 Å². The normalized spacial score (nSPS) is 11.1. The maximum absolute atomic E-state index is 13.2. The van der Waals surface area contributed by atoms with Gasteiger partial charge in [-0.3, -0.25) is 14.9 Å². The number of carbonyl (C=O) groups is 1. The van der Waals surface area contributed by atoms with E-state index in [1.807, 2.05) is 0 Å². The van der Waals surface area contributed by atoms with Crippen molar-refractivity contribution in [2.24, 2.45) is 0 Å². The average Bonchev–Trinajstić information content (AvgIpc) is 3.40. The lowest BCUT2D eigenvalue weighted by Crippen LogP contribution is -2.12. The highest BCUT2D eigenvalue weighted by molar-refractivity contribution is 7.22. The van der Waals surface area contributed by atoms with Crippen LogP contribution in [0, 0.1) is 10.1 Å². The highest BCUT2D eigenvalue weighted by Gasteiger charge is 2.24. The van der Waals surface area contributed by atoms with Gasteiger partial charge < -0.3 is 14.5 Å². The number of carbonyl (C=O) groups excluding carboxylic acids is 1. The summed E-state index contributed by atoms with van der Waals surface area (Å²) in [4.78, 5) is 32.6. The van der Waals surface area contributed by atoms with Crippen molar-refractivity contribution in [1.82, 2.24) is 9.97 Å². The van der Waals surface area contributed by atoms with Crippen LogP contribution in [0.3, 0.4) is 0 Å². The van der Waals surface area contributed by atoms with Crippen molar-refractivity contribution >= 4 is 73.1 Å². The number of non-ortho nitro benzene ring substituents is 1. The van der Waals surface area contributed by atoms with E-state index in [1.54, 1.807) is 36.5 Å². The van der Waals surface area contributed by atoms with Crippen LogP contribution >= 0.6 is 34.5 Å². The predicted molar refractivity (Wildman–Crippen MR) is 130 cm³/mol. The van der Waals surface area contributed by atoms with Crippen LogP contribution < -0.4 is 10.1 Å². The molecule has 0 spiro atoms. The highest BCUT2D eigenvalue weighted by atomic mass is 35.5. The van der Waals surface area contributed by atoms with Crippen LogP contribution in [-0.2, 0) is 0 Å². The fraction of sp³-hybridized carbons (Fsp3) is 0.0455. The number of nitro benzene ring substituents is 1. The Labute approximate surface area is 205 Å². The smallest absolute Gasteiger partial charge is 0.287 e. The van der Waals surface area contributed by atoms with E-state index in [2.05, 4.69) is 15.3 Å². The van der Waals surface area contributed by atoms with E-state index in [0.29, 0.717) is 26.9 Å². The first-order chi connectivity index (χ1) is 16.4. The number of ether oxygens (including phenoxy) is 1. The number of nitro groups is 1. The Balaban J connectivity index is 1.56. The zero-order valence-corrected chi connectivity index (χ0v) is 19.5. The quantitative estimate of drug-likeness (QED) is 0.207. The number of anilines is 1. The van der Waals surface area contributed by atoms with E-state index in [0.717, 1.165) is 11.3 Å². The van der Waals surface area contributed by atoms with Gasteiger partial charge in [-0.2, -0.15) is 4.98 Å². The summed E-state index contributed by atoms with van der Waals surface area (Å²) < 4.78 is 11.4. The molecule has 0 bridgehead atoms. The van der Waals surface area contributed by atoms with Crippen LogP contribution in [0.15, 0.2) is 53.1 Å². The van der Waals surface area contributed by atoms with Gasteiger partial charge in [-0.1, -0.05) is 35.3 Å². The molecule has 0 radical (unpaired) electrons. The molecule has 0 saturated heterocycles. The van der Waals surface area contributed by atoms with Crippen LogP contribution in [0.25, 0.3) is 32.8 Å². The Morgan fingerprint density at radius 3 is 2.79 bits per heavy atom. The van der Waals surface area contributed by atoms with Gasteiger partial charge in [0.2, 0.25) is 5.89 Å². The molecular formula is C22H12Cl2N4O5S. The zero-order chi connectivity index (χ0) is 24.0. The van der Waals surface area contributed by atoms with Gasteiger partial charge in [0.1, 0.15) is 9.58 Å². The van der Waals surface area contributed by atoms with Crippen LogP contribution in [0.2, 0.25) is 10.0 Å². The molecule has 0 aliphatic heterocycles. The zero-order valence-electron chi connectivity index (χ0n) is 17.2. The molecule has 0 unspecified atom stereocenters. The van der Waals surface area contributed by atoms with Crippen molar-refractivity contribution < 1.29 is 18.9 Å². The molecule has 170 valence electrons. The maximum atomic E-state index is 13.2. The number of fused-ring (bicyclic) bond motifs is 2. The SMILES string of the molecule is COc1c(Cl)cc(-c2nc3ncccc3o2)cc1NC(=O)c1sc2c([N+](=O)[O-])cccc2c1Cl. The average molecular weight is 515 g/mol. The second-order valence-electron chi connectivity index (χ2n) is 6.99. The molecule has 3 aromatic heterocycles. The molecule has 5 rings (SSSR count). The molecule has 2 aromatic carbocycles. The van der Waals surface area contributed by atoms with E-state index in [1.165, 1.54) is 19.2 Å². The molecule has 0 saturated carbocycles. The van der Waals surface area contributed by atoms with E-state index in [4.69, 9.17) is 32.4 Å². The van der Waals surface area contributed by atoms with Crippen LogP contribution in [0.1, 0.15) is 9.67 Å². The van der Waals surface area contributed by atoms with Gasteiger partial charge in [0.05, 0.1) is 27.8 Å². The Morgan fingerprint density at radius 2 is 2.06 bits per heavy atom. The number of nitrogens with zero attached hydrogens (tertiary/aromatic N) is 3.